The van der Waals surface area contributed by atoms with Gasteiger partial charge in [0, 0.05) is 21.7 Å². The second-order valence-electron chi connectivity index (χ2n) is 5.29. The summed E-state index contributed by atoms with van der Waals surface area (Å²) in [5.41, 5.74) is 8.26. The van der Waals surface area contributed by atoms with Gasteiger partial charge < -0.3 is 10.9 Å². The Morgan fingerprint density at radius 3 is 1.52 bits per heavy atom. The molecule has 0 saturated carbocycles. The van der Waals surface area contributed by atoms with Gasteiger partial charge in [-0.25, -0.2) is 0 Å². The van der Waals surface area contributed by atoms with Gasteiger partial charge in [-0.05, 0) is 48.5 Å². The molecule has 0 fully saturated rings. The van der Waals surface area contributed by atoms with Gasteiger partial charge in [-0.1, -0.05) is 59.8 Å². The molecule has 0 atom stereocenters. The van der Waals surface area contributed by atoms with Crippen molar-refractivity contribution in [2.45, 2.75) is 0 Å². The molecule has 0 heterocycles. The minimum absolute atomic E-state index is 0.678. The third-order valence-corrected chi connectivity index (χ3v) is 6.76. The third-order valence-electron chi connectivity index (χ3n) is 3.45. The zero-order valence-corrected chi connectivity index (χ0v) is 15.8. The molecule has 0 spiro atoms. The quantitative estimate of drug-likeness (QED) is 0.354. The highest BCUT2D eigenvalue weighted by atomic mass is 35.5. The summed E-state index contributed by atoms with van der Waals surface area (Å²) < 4.78 is 0. The lowest BCUT2D eigenvalue weighted by Gasteiger charge is -2.26. The molecule has 128 valence electrons. The van der Waals surface area contributed by atoms with Crippen LogP contribution in [0.4, 0.5) is 11.4 Å². The van der Waals surface area contributed by atoms with Crippen molar-refractivity contribution < 1.29 is 0 Å². The van der Waals surface area contributed by atoms with Crippen molar-refractivity contribution in [1.29, 1.82) is 0 Å². The number of hydrogen-bond acceptors (Lipinski definition) is 3. The Labute approximate surface area is 157 Å². The van der Waals surface area contributed by atoms with E-state index in [4.69, 9.17) is 23.4 Å². The first kappa shape index (κ1) is 17.9. The Balaban J connectivity index is 1.79. The summed E-state index contributed by atoms with van der Waals surface area (Å²) in [4.78, 5) is 0. The number of halogens is 1. The smallest absolute Gasteiger partial charge is 0.136 e. The second kappa shape index (κ2) is 8.48. The predicted molar refractivity (Wildman–Crippen MR) is 112 cm³/mol. The summed E-state index contributed by atoms with van der Waals surface area (Å²) in [6.45, 7) is 0. The zero-order chi connectivity index (χ0) is 17.5. The zero-order valence-electron chi connectivity index (χ0n) is 13.3. The molecule has 0 radical (unpaired) electrons. The van der Waals surface area contributed by atoms with E-state index in [1.54, 1.807) is 0 Å². The van der Waals surface area contributed by atoms with Gasteiger partial charge in [0.15, 0.2) is 0 Å². The summed E-state index contributed by atoms with van der Waals surface area (Å²) in [5, 5.41) is 8.19. The molecule has 0 aromatic heterocycles. The Bertz CT molecular complexity index is 796. The maximum Gasteiger partial charge on any atom is 0.136 e. The number of hydrazine groups is 2. The fraction of sp³-hybridized carbons (Fsp3) is 0. The molecule has 0 saturated heterocycles. The number of rotatable bonds is 7. The van der Waals surface area contributed by atoms with Crippen LogP contribution in [0.5, 0.6) is 0 Å². The predicted octanol–water partition coefficient (Wildman–Crippen LogP) is 4.51. The SMILES string of the molecule is S=P(NNc1ccccc1)(NNc1ccccc1)c1ccc(Cl)cc1. The fourth-order valence-corrected chi connectivity index (χ4v) is 4.36. The summed E-state index contributed by atoms with van der Waals surface area (Å²) in [5.74, 6) is 0. The van der Waals surface area contributed by atoms with Crippen LogP contribution in [0.2, 0.25) is 5.02 Å². The number of benzene rings is 3. The molecule has 3 aromatic carbocycles. The fourth-order valence-electron chi connectivity index (χ4n) is 2.14. The van der Waals surface area contributed by atoms with Crippen LogP contribution in [0, 0.1) is 0 Å². The van der Waals surface area contributed by atoms with Crippen LogP contribution < -0.4 is 26.5 Å². The highest BCUT2D eigenvalue weighted by molar-refractivity contribution is 8.16. The molecular formula is C18H18ClN4PS. The van der Waals surface area contributed by atoms with E-state index < -0.39 is 6.34 Å². The van der Waals surface area contributed by atoms with Crippen molar-refractivity contribution in [1.82, 2.24) is 10.4 Å². The average Bonchev–Trinajstić information content (AvgIpc) is 2.67. The minimum Gasteiger partial charge on any atom is -0.316 e. The molecule has 7 heteroatoms. The summed E-state index contributed by atoms with van der Waals surface area (Å²) in [6, 6.07) is 27.2. The number of anilines is 2. The van der Waals surface area contributed by atoms with Gasteiger partial charge in [-0.15, -0.1) is 0 Å². The van der Waals surface area contributed by atoms with E-state index in [0.717, 1.165) is 16.7 Å². The Hall–Kier alpha value is -1.88. The topological polar surface area (TPSA) is 48.1 Å². The van der Waals surface area contributed by atoms with E-state index in [9.17, 15) is 0 Å². The van der Waals surface area contributed by atoms with Crippen molar-refractivity contribution in [2.24, 2.45) is 0 Å². The van der Waals surface area contributed by atoms with E-state index in [1.807, 2.05) is 84.9 Å². The van der Waals surface area contributed by atoms with Crippen molar-refractivity contribution in [3.05, 3.63) is 90.0 Å². The van der Waals surface area contributed by atoms with Crippen LogP contribution in [0.25, 0.3) is 0 Å². The van der Waals surface area contributed by atoms with E-state index in [1.165, 1.54) is 0 Å². The summed E-state index contributed by atoms with van der Waals surface area (Å²) in [6.07, 6.45) is -2.37. The highest BCUT2D eigenvalue weighted by Gasteiger charge is 2.19. The Morgan fingerprint density at radius 1 is 0.640 bits per heavy atom. The molecule has 3 rings (SSSR count). The van der Waals surface area contributed by atoms with Crippen molar-refractivity contribution >= 4 is 46.4 Å². The summed E-state index contributed by atoms with van der Waals surface area (Å²) >= 11 is 11.9. The lowest BCUT2D eigenvalue weighted by Crippen LogP contribution is -2.35. The third kappa shape index (κ3) is 5.05. The van der Waals surface area contributed by atoms with Gasteiger partial charge in [-0.3, -0.25) is 0 Å². The van der Waals surface area contributed by atoms with Crippen LogP contribution in [-0.2, 0) is 11.8 Å². The molecule has 0 unspecified atom stereocenters. The lowest BCUT2D eigenvalue weighted by atomic mass is 10.3. The van der Waals surface area contributed by atoms with Gasteiger partial charge in [-0.2, -0.15) is 10.4 Å². The normalized spacial score (nSPS) is 11.1. The Morgan fingerprint density at radius 2 is 1.08 bits per heavy atom. The van der Waals surface area contributed by atoms with Gasteiger partial charge in [0.05, 0.1) is 0 Å². The Kier molecular flexibility index (Phi) is 6.08. The second-order valence-corrected chi connectivity index (χ2v) is 9.55. The summed E-state index contributed by atoms with van der Waals surface area (Å²) in [7, 11) is 0. The molecule has 3 aromatic rings. The molecule has 0 amide bonds. The molecule has 25 heavy (non-hydrogen) atoms. The van der Waals surface area contributed by atoms with E-state index in [2.05, 4.69) is 21.2 Å². The lowest BCUT2D eigenvalue weighted by molar-refractivity contribution is 1.11. The van der Waals surface area contributed by atoms with Gasteiger partial charge in [0.2, 0.25) is 0 Å². The molecule has 0 bridgehead atoms. The first-order chi connectivity index (χ1) is 12.2. The largest absolute Gasteiger partial charge is 0.316 e. The van der Waals surface area contributed by atoms with Crippen molar-refractivity contribution in [3.63, 3.8) is 0 Å². The molecular weight excluding hydrogens is 371 g/mol. The maximum atomic E-state index is 6.01. The average molecular weight is 389 g/mol. The van der Waals surface area contributed by atoms with E-state index >= 15 is 0 Å². The molecule has 0 aliphatic heterocycles. The van der Waals surface area contributed by atoms with Crippen molar-refractivity contribution in [3.8, 4) is 0 Å². The number of nitrogens with one attached hydrogen (secondary N) is 4. The van der Waals surface area contributed by atoms with Crippen molar-refractivity contribution in [2.75, 3.05) is 10.9 Å². The molecule has 4 nitrogen and oxygen atoms in total. The van der Waals surface area contributed by atoms with Gasteiger partial charge >= 0.3 is 0 Å². The molecule has 0 aliphatic rings. The molecule has 4 N–H and O–H groups in total. The standard InChI is InChI=1S/C18H18ClN4PS/c19-15-11-13-18(14-12-15)24(25,22-20-16-7-3-1-4-8-16)23-21-17-9-5-2-6-10-17/h1-14,20-21H,(H2,22,23,25). The van der Waals surface area contributed by atoms with Crippen LogP contribution in [0.15, 0.2) is 84.9 Å². The first-order valence-corrected chi connectivity index (χ1v) is 10.9. The van der Waals surface area contributed by atoms with E-state index in [-0.39, 0.29) is 0 Å². The highest BCUT2D eigenvalue weighted by Crippen LogP contribution is 2.35. The minimum atomic E-state index is -2.37. The molecule has 0 aliphatic carbocycles. The maximum absolute atomic E-state index is 6.01. The van der Waals surface area contributed by atoms with Crippen LogP contribution in [0.1, 0.15) is 0 Å². The monoisotopic (exact) mass is 388 g/mol. The first-order valence-electron chi connectivity index (χ1n) is 7.69. The van der Waals surface area contributed by atoms with Gasteiger partial charge in [0.25, 0.3) is 0 Å². The number of hydrogen-bond donors (Lipinski definition) is 4. The van der Waals surface area contributed by atoms with Gasteiger partial charge in [0.1, 0.15) is 6.34 Å². The number of para-hydroxylation sites is 2. The van der Waals surface area contributed by atoms with Crippen LogP contribution in [-0.4, -0.2) is 0 Å². The van der Waals surface area contributed by atoms with E-state index in [0.29, 0.717) is 5.02 Å². The van der Waals surface area contributed by atoms with Crippen LogP contribution >= 0.6 is 17.9 Å². The van der Waals surface area contributed by atoms with Crippen LogP contribution in [0.3, 0.4) is 0 Å².